The number of fused-ring (bicyclic) bond motifs is 2. The van der Waals surface area contributed by atoms with E-state index in [1.165, 1.54) is 0 Å². The number of hydrogen-bond donors (Lipinski definition) is 0. The summed E-state index contributed by atoms with van der Waals surface area (Å²) in [4.78, 5) is 55.2. The molecule has 0 radical (unpaired) electrons. The van der Waals surface area contributed by atoms with E-state index in [-0.39, 0.29) is 26.4 Å². The van der Waals surface area contributed by atoms with Gasteiger partial charge in [0, 0.05) is 11.8 Å². The minimum absolute atomic E-state index is 0.208. The van der Waals surface area contributed by atoms with Crippen LogP contribution in [0.4, 0.5) is 0 Å². The van der Waals surface area contributed by atoms with Crippen LogP contribution in [0.2, 0.25) is 0 Å². The van der Waals surface area contributed by atoms with Gasteiger partial charge in [0.05, 0.1) is 50.1 Å². The molecule has 0 heterocycles. The molecule has 3 aliphatic carbocycles. The Morgan fingerprint density at radius 1 is 0.548 bits per heavy atom. The number of carbonyl (C=O) groups is 4. The van der Waals surface area contributed by atoms with Crippen LogP contribution in [0, 0.1) is 35.5 Å². The molecule has 1 aromatic rings. The molecule has 8 nitrogen and oxygen atoms in total. The van der Waals surface area contributed by atoms with Crippen LogP contribution in [0.1, 0.15) is 84.6 Å². The van der Waals surface area contributed by atoms with Gasteiger partial charge < -0.3 is 18.9 Å². The molecule has 0 amide bonds. The van der Waals surface area contributed by atoms with E-state index in [0.29, 0.717) is 25.7 Å². The first-order valence-corrected chi connectivity index (χ1v) is 15.8. The van der Waals surface area contributed by atoms with E-state index < -0.39 is 59.4 Å². The van der Waals surface area contributed by atoms with Crippen molar-refractivity contribution in [3.63, 3.8) is 0 Å². The first kappa shape index (κ1) is 33.3. The zero-order chi connectivity index (χ0) is 30.5. The lowest BCUT2D eigenvalue weighted by Gasteiger charge is -2.51. The van der Waals surface area contributed by atoms with E-state index >= 15 is 0 Å². The zero-order valence-corrected chi connectivity index (χ0v) is 25.7. The summed E-state index contributed by atoms with van der Waals surface area (Å²) in [6, 6.07) is 9.48. The van der Waals surface area contributed by atoms with Crippen molar-refractivity contribution in [2.24, 2.45) is 35.5 Å². The lowest BCUT2D eigenvalue weighted by molar-refractivity contribution is -0.185. The fourth-order valence-corrected chi connectivity index (χ4v) is 6.05. The summed E-state index contributed by atoms with van der Waals surface area (Å²) < 4.78 is 22.8. The fraction of sp³-hybridized carbons (Fsp3) is 0.647. The Morgan fingerprint density at radius 2 is 0.905 bits per heavy atom. The molecule has 8 heteroatoms. The first-order chi connectivity index (χ1) is 20.4. The number of unbranched alkanes of at least 4 members (excludes halogenated alkanes) is 4. The van der Waals surface area contributed by atoms with Crippen molar-refractivity contribution < 1.29 is 38.1 Å². The Morgan fingerprint density at radius 3 is 1.26 bits per heavy atom. The van der Waals surface area contributed by atoms with Crippen molar-refractivity contribution in [3.8, 4) is 0 Å². The van der Waals surface area contributed by atoms with Crippen LogP contribution >= 0.6 is 0 Å². The molecule has 4 unspecified atom stereocenters. The van der Waals surface area contributed by atoms with E-state index in [2.05, 4.69) is 0 Å². The maximum absolute atomic E-state index is 13.9. The zero-order valence-electron chi connectivity index (χ0n) is 25.7. The number of allylic oxidation sites excluding steroid dienone is 2. The monoisotopic (exact) mass is 584 g/mol. The third kappa shape index (κ3) is 8.01. The predicted molar refractivity (Wildman–Crippen MR) is 159 cm³/mol. The van der Waals surface area contributed by atoms with Gasteiger partial charge in [-0.3, -0.25) is 19.2 Å². The number of carbonyl (C=O) groups excluding carboxylic acids is 4. The average molecular weight is 585 g/mol. The molecule has 0 N–H and O–H groups in total. The molecule has 0 spiro atoms. The second-order valence-electron chi connectivity index (χ2n) is 11.3. The smallest absolute Gasteiger partial charge is 0.310 e. The van der Waals surface area contributed by atoms with Crippen molar-refractivity contribution in [3.05, 3.63) is 42.0 Å². The third-order valence-corrected chi connectivity index (χ3v) is 8.27. The Hall–Kier alpha value is -3.16. The van der Waals surface area contributed by atoms with Gasteiger partial charge in [-0.25, -0.2) is 0 Å². The van der Waals surface area contributed by atoms with Crippen LogP contribution in [0.5, 0.6) is 0 Å². The molecule has 2 bridgehead atoms. The van der Waals surface area contributed by atoms with Gasteiger partial charge in [0.15, 0.2) is 0 Å². The van der Waals surface area contributed by atoms with Crippen molar-refractivity contribution >= 4 is 29.5 Å². The number of ether oxygens (including phenoxy) is 4. The second kappa shape index (κ2) is 17.1. The lowest BCUT2D eigenvalue weighted by atomic mass is 9.50. The summed E-state index contributed by atoms with van der Waals surface area (Å²) in [5.74, 6) is -7.84. The Kier molecular flexibility index (Phi) is 13.6. The number of hydrogen-bond acceptors (Lipinski definition) is 8. The summed E-state index contributed by atoms with van der Waals surface area (Å²) in [5.41, 5.74) is 1.56. The normalized spacial score (nSPS) is 24.4. The molecule has 4 atom stereocenters. The van der Waals surface area contributed by atoms with E-state index in [4.69, 9.17) is 18.9 Å². The Balaban J connectivity index is 2.16. The maximum Gasteiger partial charge on any atom is 0.310 e. The summed E-state index contributed by atoms with van der Waals surface area (Å²) in [6.07, 6.45) is 7.94. The highest BCUT2D eigenvalue weighted by atomic mass is 16.5. The van der Waals surface area contributed by atoms with Crippen molar-refractivity contribution in [1.82, 2.24) is 0 Å². The van der Waals surface area contributed by atoms with Gasteiger partial charge in [0.1, 0.15) is 0 Å². The predicted octanol–water partition coefficient (Wildman–Crippen LogP) is 6.17. The van der Waals surface area contributed by atoms with Crippen molar-refractivity contribution in [2.45, 2.75) is 79.1 Å². The second-order valence-corrected chi connectivity index (χ2v) is 11.3. The SMILES string of the molecule is CCCCOC(=O)C1C2C=C(c3ccccc3)C(C1C(=O)OCCCC)C(C(=O)OCCCC)C2C(=O)OCCCC. The molecular weight excluding hydrogens is 536 g/mol. The highest BCUT2D eigenvalue weighted by molar-refractivity contribution is 5.95. The van der Waals surface area contributed by atoms with Crippen molar-refractivity contribution in [2.75, 3.05) is 26.4 Å². The number of benzene rings is 1. The molecule has 0 aromatic heterocycles. The molecule has 1 aromatic carbocycles. The van der Waals surface area contributed by atoms with Gasteiger partial charge >= 0.3 is 23.9 Å². The van der Waals surface area contributed by atoms with Crippen LogP contribution in [0.15, 0.2) is 36.4 Å². The van der Waals surface area contributed by atoms with Gasteiger partial charge in [-0.1, -0.05) is 89.8 Å². The van der Waals surface area contributed by atoms with Gasteiger partial charge in [0.2, 0.25) is 0 Å². The van der Waals surface area contributed by atoms with E-state index in [9.17, 15) is 19.2 Å². The van der Waals surface area contributed by atoms with E-state index in [0.717, 1.165) is 36.8 Å². The first-order valence-electron chi connectivity index (χ1n) is 15.8. The summed E-state index contributed by atoms with van der Waals surface area (Å²) in [6.45, 7) is 8.83. The van der Waals surface area contributed by atoms with Crippen LogP contribution in [-0.4, -0.2) is 50.3 Å². The van der Waals surface area contributed by atoms with Gasteiger partial charge in [-0.05, 0) is 36.8 Å². The summed E-state index contributed by atoms with van der Waals surface area (Å²) >= 11 is 0. The van der Waals surface area contributed by atoms with E-state index in [1.807, 2.05) is 64.1 Å². The van der Waals surface area contributed by atoms with Crippen LogP contribution in [-0.2, 0) is 38.1 Å². The molecule has 232 valence electrons. The Labute approximate surface area is 250 Å². The van der Waals surface area contributed by atoms with Gasteiger partial charge in [-0.15, -0.1) is 0 Å². The topological polar surface area (TPSA) is 105 Å². The third-order valence-electron chi connectivity index (χ3n) is 8.27. The molecule has 0 saturated heterocycles. The number of esters is 4. The number of rotatable bonds is 17. The summed E-state index contributed by atoms with van der Waals surface area (Å²) in [5, 5.41) is 0. The molecule has 4 rings (SSSR count). The summed E-state index contributed by atoms with van der Waals surface area (Å²) in [7, 11) is 0. The maximum atomic E-state index is 13.9. The van der Waals surface area contributed by atoms with E-state index in [1.54, 1.807) is 0 Å². The standard InChI is InChI=1S/C34H48O8/c1-5-9-18-39-31(35)27-25-22-24(23-16-14-13-15-17-23)26(29(27)33(37)41-20-11-7-3)30(34(38)42-21-12-8-4)28(25)32(36)40-19-10-6-2/h13-17,22,25-30H,5-12,18-21H2,1-4H3. The van der Waals surface area contributed by atoms with Crippen molar-refractivity contribution in [1.29, 1.82) is 0 Å². The highest BCUT2D eigenvalue weighted by Gasteiger charge is 2.64. The molecule has 1 fully saturated rings. The molecule has 1 saturated carbocycles. The quantitative estimate of drug-likeness (QED) is 0.122. The van der Waals surface area contributed by atoms with Gasteiger partial charge in [0.25, 0.3) is 0 Å². The molecule has 0 aliphatic heterocycles. The average Bonchev–Trinajstić information content (AvgIpc) is 3.00. The van der Waals surface area contributed by atoms with Crippen LogP contribution in [0.25, 0.3) is 5.57 Å². The minimum atomic E-state index is -1.01. The van der Waals surface area contributed by atoms with Gasteiger partial charge in [-0.2, -0.15) is 0 Å². The Bertz CT molecular complexity index is 1010. The molecule has 3 aliphatic rings. The largest absolute Gasteiger partial charge is 0.465 e. The molecular formula is C34H48O8. The fourth-order valence-electron chi connectivity index (χ4n) is 6.05. The molecule has 42 heavy (non-hydrogen) atoms. The lowest BCUT2D eigenvalue weighted by Crippen LogP contribution is -2.59. The van der Waals surface area contributed by atoms with Crippen LogP contribution in [0.3, 0.4) is 0 Å². The highest BCUT2D eigenvalue weighted by Crippen LogP contribution is 2.58. The minimum Gasteiger partial charge on any atom is -0.465 e. The van der Waals surface area contributed by atoms with Crippen LogP contribution < -0.4 is 0 Å².